The number of hydrogen-bond donors (Lipinski definition) is 5. The number of carboxylic acid groups (broad SMARTS) is 1. The van der Waals surface area contributed by atoms with Crippen LogP contribution in [0.3, 0.4) is 0 Å². The van der Waals surface area contributed by atoms with Crippen LogP contribution >= 0.6 is 0 Å². The van der Waals surface area contributed by atoms with Gasteiger partial charge in [-0.15, -0.1) is 0 Å². The fourth-order valence-electron chi connectivity index (χ4n) is 7.59. The van der Waals surface area contributed by atoms with Gasteiger partial charge in [-0.05, 0) is 73.5 Å². The number of aliphatic carboxylic acids is 1. The van der Waals surface area contributed by atoms with Crippen LogP contribution in [0.25, 0.3) is 43.6 Å². The third kappa shape index (κ3) is 7.15. The number of fused-ring (bicyclic) bond motifs is 4. The summed E-state index contributed by atoms with van der Waals surface area (Å²) >= 11 is 0. The zero-order valence-corrected chi connectivity index (χ0v) is 32.6. The molecule has 4 aromatic carbocycles. The van der Waals surface area contributed by atoms with Gasteiger partial charge in [-0.1, -0.05) is 0 Å². The lowest BCUT2D eigenvalue weighted by Gasteiger charge is -2.12. The Morgan fingerprint density at radius 2 is 1.34 bits per heavy atom. The van der Waals surface area contributed by atoms with Crippen LogP contribution in [-0.4, -0.2) is 73.9 Å². The van der Waals surface area contributed by atoms with Crippen molar-refractivity contribution in [2.45, 2.75) is 33.5 Å². The number of nitrogens with one attached hydrogen (secondary N) is 4. The van der Waals surface area contributed by atoms with Gasteiger partial charge in [0.05, 0.1) is 55.5 Å². The second-order valence-electron chi connectivity index (χ2n) is 14.1. The van der Waals surface area contributed by atoms with Crippen molar-refractivity contribution in [2.24, 2.45) is 0 Å². The molecule has 59 heavy (non-hydrogen) atoms. The number of nitriles is 2. The highest BCUT2D eigenvalue weighted by Crippen LogP contribution is 2.35. The quantitative estimate of drug-likeness (QED) is 0.0748. The first-order chi connectivity index (χ1) is 28.6. The molecule has 0 aliphatic carbocycles. The Morgan fingerprint density at radius 3 is 1.90 bits per heavy atom. The summed E-state index contributed by atoms with van der Waals surface area (Å²) in [5.74, 6) is -0.223. The average molecular weight is 791 g/mol. The Morgan fingerprint density at radius 1 is 0.780 bits per heavy atom. The van der Waals surface area contributed by atoms with E-state index >= 15 is 0 Å². The largest absolute Gasteiger partial charge is 0.496 e. The lowest BCUT2D eigenvalue weighted by molar-refractivity contribution is -0.143. The summed E-state index contributed by atoms with van der Waals surface area (Å²) in [7, 11) is 3.23. The monoisotopic (exact) mass is 790 g/mol. The maximum atomic E-state index is 13.2. The van der Waals surface area contributed by atoms with Crippen molar-refractivity contribution in [1.82, 2.24) is 29.5 Å². The average Bonchev–Trinajstić information content (AvgIpc) is 4.05. The number of anilines is 2. The number of aromatic nitrogens is 6. The summed E-state index contributed by atoms with van der Waals surface area (Å²) in [5, 5.41) is 47.7. The standard InChI is InChI=1S/C43H38N10O6/c1-23-11-34(57-3)32(30-9-10-46-38(23)30)20-52-18-28-8-6-26(15-45)41(43(28)51-52)48-17-37(56)59-22-29-13-31-33(35(58-4)12-24(2)39(31)49-29)21-53-19-27-7-5-25(14-44)40(42(27)50-53)47-16-36(54)55/h5-13,18-19,46-49H,16-17,20-22H2,1-4H3,(H,54,55). The number of aromatic amines is 2. The molecule has 296 valence electrons. The first-order valence-corrected chi connectivity index (χ1v) is 18.6. The van der Waals surface area contributed by atoms with E-state index in [1.54, 1.807) is 41.8 Å². The van der Waals surface area contributed by atoms with E-state index in [4.69, 9.17) is 24.4 Å². The van der Waals surface area contributed by atoms with E-state index in [9.17, 15) is 25.2 Å². The minimum Gasteiger partial charge on any atom is -0.496 e. The fraction of sp³-hybridized carbons (Fsp3) is 0.209. The van der Waals surface area contributed by atoms with Crippen LogP contribution in [0, 0.1) is 36.5 Å². The molecule has 0 amide bonds. The molecular formula is C43H38N10O6. The van der Waals surface area contributed by atoms with E-state index in [1.807, 2.05) is 62.8 Å². The van der Waals surface area contributed by atoms with Gasteiger partial charge in [0.15, 0.2) is 0 Å². The highest BCUT2D eigenvalue weighted by molar-refractivity contribution is 5.96. The topological polar surface area (TPSA) is 221 Å². The minimum absolute atomic E-state index is 0.0481. The molecular weight excluding hydrogens is 753 g/mol. The molecule has 0 radical (unpaired) electrons. The second kappa shape index (κ2) is 15.5. The van der Waals surface area contributed by atoms with Gasteiger partial charge in [0.2, 0.25) is 0 Å². The molecule has 16 nitrogen and oxygen atoms in total. The number of carboxylic acids is 1. The van der Waals surface area contributed by atoms with Crippen molar-refractivity contribution >= 4 is 66.9 Å². The Bertz CT molecular complexity index is 3050. The molecule has 0 spiro atoms. The van der Waals surface area contributed by atoms with Crippen molar-refractivity contribution in [3.63, 3.8) is 0 Å². The van der Waals surface area contributed by atoms with E-state index in [1.165, 1.54) is 0 Å². The highest BCUT2D eigenvalue weighted by Gasteiger charge is 2.20. The van der Waals surface area contributed by atoms with Crippen LogP contribution in [0.2, 0.25) is 0 Å². The molecule has 16 heteroatoms. The number of aryl methyl sites for hydroxylation is 2. The van der Waals surface area contributed by atoms with Gasteiger partial charge < -0.3 is 39.9 Å². The fourth-order valence-corrected chi connectivity index (χ4v) is 7.59. The molecule has 0 unspecified atom stereocenters. The smallest absolute Gasteiger partial charge is 0.325 e. The zero-order chi connectivity index (χ0) is 41.4. The normalized spacial score (nSPS) is 11.2. The Labute approximate surface area is 336 Å². The zero-order valence-electron chi connectivity index (χ0n) is 32.6. The van der Waals surface area contributed by atoms with Gasteiger partial charge in [0.25, 0.3) is 0 Å². The van der Waals surface area contributed by atoms with E-state index in [2.05, 4.69) is 32.7 Å². The summed E-state index contributed by atoms with van der Waals surface area (Å²) in [6.07, 6.45) is 5.62. The Hall–Kier alpha value is -7.98. The van der Waals surface area contributed by atoms with Crippen molar-refractivity contribution in [3.8, 4) is 23.6 Å². The molecule has 0 fully saturated rings. The van der Waals surface area contributed by atoms with Gasteiger partial charge in [-0.3, -0.25) is 19.0 Å². The minimum atomic E-state index is -1.06. The third-order valence-corrected chi connectivity index (χ3v) is 10.3. The van der Waals surface area contributed by atoms with Crippen LogP contribution in [0.1, 0.15) is 39.1 Å². The van der Waals surface area contributed by atoms with Crippen LogP contribution in [0.5, 0.6) is 11.5 Å². The molecule has 8 rings (SSSR count). The van der Waals surface area contributed by atoms with Gasteiger partial charge in [-0.25, -0.2) is 0 Å². The van der Waals surface area contributed by atoms with Gasteiger partial charge in [-0.2, -0.15) is 20.7 Å². The number of carbonyl (C=O) groups excluding carboxylic acids is 1. The molecule has 0 bridgehead atoms. The summed E-state index contributed by atoms with van der Waals surface area (Å²) in [6, 6.07) is 19.0. The number of esters is 1. The predicted octanol–water partition coefficient (Wildman–Crippen LogP) is 6.47. The number of hydrogen-bond acceptors (Lipinski definition) is 11. The van der Waals surface area contributed by atoms with E-state index in [0.29, 0.717) is 46.0 Å². The summed E-state index contributed by atoms with van der Waals surface area (Å²) < 4.78 is 20.7. The maximum Gasteiger partial charge on any atom is 0.325 e. The first kappa shape index (κ1) is 37.9. The summed E-state index contributed by atoms with van der Waals surface area (Å²) in [4.78, 5) is 31.1. The molecule has 0 aliphatic rings. The lowest BCUT2D eigenvalue weighted by atomic mass is 10.0. The molecule has 0 atom stereocenters. The molecule has 0 aliphatic heterocycles. The van der Waals surface area contributed by atoms with Crippen LogP contribution in [0.15, 0.2) is 67.1 Å². The SMILES string of the molecule is COc1cc(C)c2[nH]ccc2c1Cn1cc2ccc(C#N)c(NCC(=O)OCc3cc4c(Cn5cc6ccc(C#N)c(NCC(=O)O)c6n5)c(OC)cc(C)c4[nH]3)c2n1. The van der Waals surface area contributed by atoms with Crippen LogP contribution in [-0.2, 0) is 34.0 Å². The summed E-state index contributed by atoms with van der Waals surface area (Å²) in [6.45, 7) is 4.05. The Balaban J connectivity index is 0.999. The van der Waals surface area contributed by atoms with E-state index < -0.39 is 11.9 Å². The van der Waals surface area contributed by atoms with Gasteiger partial charge in [0.1, 0.15) is 54.4 Å². The summed E-state index contributed by atoms with van der Waals surface area (Å²) in [5.41, 5.74) is 8.68. The Kier molecular flexibility index (Phi) is 9.97. The lowest BCUT2D eigenvalue weighted by Crippen LogP contribution is -2.17. The van der Waals surface area contributed by atoms with Crippen LogP contribution in [0.4, 0.5) is 11.4 Å². The van der Waals surface area contributed by atoms with E-state index in [0.717, 1.165) is 60.6 Å². The van der Waals surface area contributed by atoms with Crippen LogP contribution < -0.4 is 20.1 Å². The second-order valence-corrected chi connectivity index (χ2v) is 14.1. The number of rotatable bonds is 14. The van der Waals surface area contributed by atoms with Gasteiger partial charge >= 0.3 is 11.9 Å². The van der Waals surface area contributed by atoms with Gasteiger partial charge in [0, 0.05) is 62.3 Å². The van der Waals surface area contributed by atoms with Crippen molar-refractivity contribution in [3.05, 3.63) is 106 Å². The molecule has 0 saturated carbocycles. The predicted molar refractivity (Wildman–Crippen MR) is 221 cm³/mol. The maximum absolute atomic E-state index is 13.2. The molecule has 4 heterocycles. The number of carbonyl (C=O) groups is 2. The van der Waals surface area contributed by atoms with Crippen molar-refractivity contribution in [2.75, 3.05) is 37.9 Å². The van der Waals surface area contributed by atoms with Crippen molar-refractivity contribution in [1.29, 1.82) is 10.5 Å². The molecule has 4 aromatic heterocycles. The number of nitrogens with zero attached hydrogens (tertiary/aromatic N) is 6. The number of ether oxygens (including phenoxy) is 3. The number of methoxy groups -OCH3 is 2. The number of benzene rings is 4. The number of H-pyrrole nitrogens is 2. The first-order valence-electron chi connectivity index (χ1n) is 18.6. The molecule has 0 saturated heterocycles. The highest BCUT2D eigenvalue weighted by atomic mass is 16.5. The molecule has 5 N–H and O–H groups in total. The third-order valence-electron chi connectivity index (χ3n) is 10.3. The van der Waals surface area contributed by atoms with Crippen molar-refractivity contribution < 1.29 is 28.9 Å². The molecule has 8 aromatic rings. The van der Waals surface area contributed by atoms with E-state index in [-0.39, 0.29) is 31.8 Å².